The highest BCUT2D eigenvalue weighted by Crippen LogP contribution is 2.38. The largest absolute Gasteiger partial charge is 0.490 e. The Morgan fingerprint density at radius 1 is 0.938 bits per heavy atom. The lowest BCUT2D eigenvalue weighted by Gasteiger charge is -2.15. The molecule has 1 aliphatic heterocycles. The van der Waals surface area contributed by atoms with E-state index in [1.54, 1.807) is 0 Å². The fourth-order valence-corrected chi connectivity index (χ4v) is 4.02. The number of halogens is 1. The van der Waals surface area contributed by atoms with Crippen LogP contribution in [-0.4, -0.2) is 19.1 Å². The van der Waals surface area contributed by atoms with E-state index < -0.39 is 0 Å². The third-order valence-electron chi connectivity index (χ3n) is 5.33. The molecule has 0 N–H and O–H groups in total. The maximum absolute atomic E-state index is 13.1. The van der Waals surface area contributed by atoms with E-state index in [0.29, 0.717) is 41.9 Å². The van der Waals surface area contributed by atoms with E-state index in [-0.39, 0.29) is 5.91 Å². The number of carbonyl (C=O) groups excluding carboxylic acids is 1. The topological polar surface area (TPSA) is 38.8 Å². The minimum atomic E-state index is 0.0325. The number of benzene rings is 3. The summed E-state index contributed by atoms with van der Waals surface area (Å²) in [6.45, 7) is 5.56. The lowest BCUT2D eigenvalue weighted by Crippen LogP contribution is -2.26. The number of hydrogen-bond acceptors (Lipinski definition) is 3. The van der Waals surface area contributed by atoms with E-state index in [1.807, 2.05) is 84.6 Å². The summed E-state index contributed by atoms with van der Waals surface area (Å²) in [5, 5.41) is 0.668. The van der Waals surface area contributed by atoms with E-state index in [1.165, 1.54) is 0 Å². The van der Waals surface area contributed by atoms with Crippen LogP contribution in [0, 0.1) is 0 Å². The fraction of sp³-hybridized carbons (Fsp3) is 0.222. The highest BCUT2D eigenvalue weighted by molar-refractivity contribution is 6.35. The van der Waals surface area contributed by atoms with Crippen LogP contribution in [0.15, 0.2) is 66.7 Å². The van der Waals surface area contributed by atoms with Gasteiger partial charge >= 0.3 is 0 Å². The predicted octanol–water partition coefficient (Wildman–Crippen LogP) is 6.61. The number of nitrogens with zero attached hydrogens (tertiary/aromatic N) is 1. The minimum Gasteiger partial charge on any atom is -0.490 e. The zero-order valence-corrected chi connectivity index (χ0v) is 19.1. The van der Waals surface area contributed by atoms with Gasteiger partial charge in [-0.3, -0.25) is 4.79 Å². The number of carbonyl (C=O) groups is 1. The Bertz CT molecular complexity index is 1160. The highest BCUT2D eigenvalue weighted by Gasteiger charge is 2.31. The summed E-state index contributed by atoms with van der Waals surface area (Å²) >= 11 is 6.25. The first-order chi connectivity index (χ1) is 15.6. The lowest BCUT2D eigenvalue weighted by molar-refractivity contribution is -0.113. The van der Waals surface area contributed by atoms with Gasteiger partial charge in [0.25, 0.3) is 5.91 Å². The quantitative estimate of drug-likeness (QED) is 0.364. The molecular weight excluding hydrogens is 422 g/mol. The molecule has 0 bridgehead atoms. The second-order valence-electron chi connectivity index (χ2n) is 7.55. The normalized spacial score (nSPS) is 14.0. The highest BCUT2D eigenvalue weighted by atomic mass is 35.5. The van der Waals surface area contributed by atoms with Gasteiger partial charge in [0.15, 0.2) is 11.5 Å². The van der Waals surface area contributed by atoms with Crippen molar-refractivity contribution in [2.24, 2.45) is 0 Å². The predicted molar refractivity (Wildman–Crippen MR) is 130 cm³/mol. The first-order valence-electron chi connectivity index (χ1n) is 10.9. The molecule has 1 heterocycles. The van der Waals surface area contributed by atoms with Gasteiger partial charge in [0.2, 0.25) is 0 Å². The van der Waals surface area contributed by atoms with Crippen molar-refractivity contribution >= 4 is 34.8 Å². The molecular formula is C27H26ClNO3. The van der Waals surface area contributed by atoms with Crippen molar-refractivity contribution in [3.63, 3.8) is 0 Å². The van der Waals surface area contributed by atoms with Gasteiger partial charge in [0.1, 0.15) is 6.61 Å². The van der Waals surface area contributed by atoms with Gasteiger partial charge in [0, 0.05) is 28.3 Å². The molecule has 1 amide bonds. The maximum Gasteiger partial charge on any atom is 0.258 e. The van der Waals surface area contributed by atoms with Gasteiger partial charge < -0.3 is 14.4 Å². The van der Waals surface area contributed by atoms with Crippen LogP contribution < -0.4 is 14.4 Å². The number of hydrogen-bond donors (Lipinski definition) is 0. The standard InChI is InChI=1S/C27H26ClNO3/c1-3-15-29-24-12-8-6-10-21(24)22(27(29)30)16-19-13-14-25(26(17-19)31-4-2)32-18-20-9-5-7-11-23(20)28/h5-14,16-17H,3-4,15,18H2,1-2H3/b22-16-. The summed E-state index contributed by atoms with van der Waals surface area (Å²) in [5.74, 6) is 1.31. The van der Waals surface area contributed by atoms with Crippen molar-refractivity contribution in [2.45, 2.75) is 26.9 Å². The van der Waals surface area contributed by atoms with Crippen molar-refractivity contribution in [1.82, 2.24) is 0 Å². The molecule has 0 fully saturated rings. The van der Waals surface area contributed by atoms with Crippen molar-refractivity contribution in [2.75, 3.05) is 18.1 Å². The van der Waals surface area contributed by atoms with E-state index in [0.717, 1.165) is 28.8 Å². The van der Waals surface area contributed by atoms with Gasteiger partial charge in [-0.1, -0.05) is 61.0 Å². The summed E-state index contributed by atoms with van der Waals surface area (Å²) in [4.78, 5) is 15.0. The van der Waals surface area contributed by atoms with Crippen molar-refractivity contribution in [3.05, 3.63) is 88.4 Å². The Morgan fingerprint density at radius 2 is 1.72 bits per heavy atom. The van der Waals surface area contributed by atoms with Gasteiger partial charge in [0.05, 0.1) is 12.3 Å². The van der Waals surface area contributed by atoms with Crippen LogP contribution in [0.5, 0.6) is 11.5 Å². The molecule has 32 heavy (non-hydrogen) atoms. The molecule has 5 heteroatoms. The molecule has 0 radical (unpaired) electrons. The smallest absolute Gasteiger partial charge is 0.258 e. The Labute approximate surface area is 194 Å². The van der Waals surface area contributed by atoms with E-state index in [2.05, 4.69) is 6.92 Å². The van der Waals surface area contributed by atoms with Crippen LogP contribution in [-0.2, 0) is 11.4 Å². The summed E-state index contributed by atoms with van der Waals surface area (Å²) in [6, 6.07) is 21.3. The molecule has 164 valence electrons. The molecule has 1 aliphatic rings. The van der Waals surface area contributed by atoms with Crippen molar-refractivity contribution in [3.8, 4) is 11.5 Å². The molecule has 0 saturated carbocycles. The van der Waals surface area contributed by atoms with Crippen LogP contribution in [0.2, 0.25) is 5.02 Å². The first kappa shape index (κ1) is 22.0. The average molecular weight is 448 g/mol. The SMILES string of the molecule is CCCN1C(=O)/C(=C\c2ccc(OCc3ccccc3Cl)c(OCC)c2)c2ccccc21. The van der Waals surface area contributed by atoms with Crippen molar-refractivity contribution in [1.29, 1.82) is 0 Å². The van der Waals surface area contributed by atoms with Gasteiger partial charge in [-0.05, 0) is 49.2 Å². The number of ether oxygens (including phenoxy) is 2. The number of fused-ring (bicyclic) bond motifs is 1. The van der Waals surface area contributed by atoms with Gasteiger partial charge in [-0.25, -0.2) is 0 Å². The minimum absolute atomic E-state index is 0.0325. The summed E-state index contributed by atoms with van der Waals surface area (Å²) < 4.78 is 11.8. The molecule has 3 aromatic carbocycles. The third kappa shape index (κ3) is 4.51. The molecule has 0 saturated heterocycles. The number of para-hydroxylation sites is 1. The Balaban J connectivity index is 1.63. The molecule has 0 aliphatic carbocycles. The maximum atomic E-state index is 13.1. The summed E-state index contributed by atoms with van der Waals surface area (Å²) in [7, 11) is 0. The van der Waals surface area contributed by atoms with Crippen LogP contribution in [0.25, 0.3) is 11.6 Å². The van der Waals surface area contributed by atoms with E-state index in [4.69, 9.17) is 21.1 Å². The molecule has 0 atom stereocenters. The van der Waals surface area contributed by atoms with Crippen LogP contribution in [0.4, 0.5) is 5.69 Å². The van der Waals surface area contributed by atoms with Crippen LogP contribution in [0.1, 0.15) is 37.0 Å². The second kappa shape index (κ2) is 9.92. The van der Waals surface area contributed by atoms with Crippen LogP contribution in [0.3, 0.4) is 0 Å². The Hall–Kier alpha value is -3.24. The first-order valence-corrected chi connectivity index (χ1v) is 11.3. The Kier molecular flexibility index (Phi) is 6.81. The third-order valence-corrected chi connectivity index (χ3v) is 5.70. The van der Waals surface area contributed by atoms with E-state index >= 15 is 0 Å². The zero-order valence-electron chi connectivity index (χ0n) is 18.3. The molecule has 3 aromatic rings. The second-order valence-corrected chi connectivity index (χ2v) is 7.96. The molecule has 4 rings (SSSR count). The number of rotatable bonds is 8. The summed E-state index contributed by atoms with van der Waals surface area (Å²) in [5.41, 5.74) is 4.42. The van der Waals surface area contributed by atoms with Gasteiger partial charge in [-0.15, -0.1) is 0 Å². The fourth-order valence-electron chi connectivity index (χ4n) is 3.83. The Morgan fingerprint density at radius 3 is 2.50 bits per heavy atom. The number of amides is 1. The zero-order chi connectivity index (χ0) is 22.5. The number of anilines is 1. The molecule has 0 unspecified atom stereocenters. The lowest BCUT2D eigenvalue weighted by atomic mass is 10.0. The van der Waals surface area contributed by atoms with Crippen molar-refractivity contribution < 1.29 is 14.3 Å². The average Bonchev–Trinajstić information content (AvgIpc) is 3.06. The van der Waals surface area contributed by atoms with Gasteiger partial charge in [-0.2, -0.15) is 0 Å². The molecule has 4 nitrogen and oxygen atoms in total. The molecule has 0 spiro atoms. The van der Waals surface area contributed by atoms with E-state index in [9.17, 15) is 4.79 Å². The molecule has 0 aromatic heterocycles. The summed E-state index contributed by atoms with van der Waals surface area (Å²) in [6.07, 6.45) is 2.83. The van der Waals surface area contributed by atoms with Crippen LogP contribution >= 0.6 is 11.6 Å². The monoisotopic (exact) mass is 447 g/mol.